The summed E-state index contributed by atoms with van der Waals surface area (Å²) < 4.78 is 5.70. The van der Waals surface area contributed by atoms with Crippen molar-refractivity contribution in [3.8, 4) is 0 Å². The molecule has 0 radical (unpaired) electrons. The van der Waals surface area contributed by atoms with Gasteiger partial charge in [-0.15, -0.1) is 0 Å². The SMILES string of the molecule is CCC(/C=C\C(=C/N)N1CCOC[C@@H](N(C)C)C1)C(C)C. The van der Waals surface area contributed by atoms with E-state index in [0.717, 1.165) is 38.4 Å². The highest BCUT2D eigenvalue weighted by Gasteiger charge is 2.21. The molecule has 0 aliphatic carbocycles. The van der Waals surface area contributed by atoms with Crippen molar-refractivity contribution >= 4 is 0 Å². The highest BCUT2D eigenvalue weighted by molar-refractivity contribution is 5.18. The van der Waals surface area contributed by atoms with E-state index in [2.05, 4.69) is 56.8 Å². The maximum absolute atomic E-state index is 5.87. The van der Waals surface area contributed by atoms with Crippen molar-refractivity contribution in [2.75, 3.05) is 40.4 Å². The van der Waals surface area contributed by atoms with E-state index in [1.165, 1.54) is 0 Å². The van der Waals surface area contributed by atoms with Crippen LogP contribution in [-0.4, -0.2) is 56.2 Å². The van der Waals surface area contributed by atoms with Gasteiger partial charge in [0.15, 0.2) is 0 Å². The molecule has 1 unspecified atom stereocenters. The van der Waals surface area contributed by atoms with Gasteiger partial charge in [0.2, 0.25) is 0 Å². The van der Waals surface area contributed by atoms with E-state index in [1.54, 1.807) is 6.20 Å². The Morgan fingerprint density at radius 1 is 1.43 bits per heavy atom. The average Bonchev–Trinajstić information content (AvgIpc) is 2.69. The second-order valence-corrected chi connectivity index (χ2v) is 6.41. The normalized spacial score (nSPS) is 23.1. The molecule has 0 saturated carbocycles. The van der Waals surface area contributed by atoms with Crippen LogP contribution >= 0.6 is 0 Å². The molecule has 2 N–H and O–H groups in total. The summed E-state index contributed by atoms with van der Waals surface area (Å²) in [4.78, 5) is 4.56. The molecule has 0 aromatic rings. The first-order chi connectivity index (χ1) is 9.99. The van der Waals surface area contributed by atoms with E-state index >= 15 is 0 Å². The Bertz CT molecular complexity index is 350. The van der Waals surface area contributed by atoms with Gasteiger partial charge in [-0.05, 0) is 38.4 Å². The molecule has 4 nitrogen and oxygen atoms in total. The van der Waals surface area contributed by atoms with Crippen LogP contribution in [0.5, 0.6) is 0 Å². The molecule has 2 atom stereocenters. The van der Waals surface area contributed by atoms with Crippen LogP contribution in [0.1, 0.15) is 27.2 Å². The third kappa shape index (κ3) is 5.71. The highest BCUT2D eigenvalue weighted by Crippen LogP contribution is 2.18. The molecule has 122 valence electrons. The van der Waals surface area contributed by atoms with E-state index in [4.69, 9.17) is 10.5 Å². The van der Waals surface area contributed by atoms with Gasteiger partial charge in [-0.3, -0.25) is 0 Å². The van der Waals surface area contributed by atoms with Crippen molar-refractivity contribution in [1.29, 1.82) is 0 Å². The van der Waals surface area contributed by atoms with Crippen LogP contribution in [0, 0.1) is 11.8 Å². The fourth-order valence-corrected chi connectivity index (χ4v) is 2.66. The smallest absolute Gasteiger partial charge is 0.0642 e. The lowest BCUT2D eigenvalue weighted by atomic mass is 9.93. The number of rotatable bonds is 6. The van der Waals surface area contributed by atoms with Crippen molar-refractivity contribution in [2.24, 2.45) is 17.6 Å². The van der Waals surface area contributed by atoms with Crippen molar-refractivity contribution in [3.63, 3.8) is 0 Å². The molecular weight excluding hydrogens is 262 g/mol. The molecular formula is C17H33N3O. The molecule has 4 heteroatoms. The van der Waals surface area contributed by atoms with E-state index < -0.39 is 0 Å². The minimum absolute atomic E-state index is 0.405. The lowest BCUT2D eigenvalue weighted by molar-refractivity contribution is 0.103. The lowest BCUT2D eigenvalue weighted by Gasteiger charge is -2.29. The maximum Gasteiger partial charge on any atom is 0.0642 e. The Hall–Kier alpha value is -1.00. The van der Waals surface area contributed by atoms with Crippen LogP contribution in [0.4, 0.5) is 0 Å². The van der Waals surface area contributed by atoms with Crippen molar-refractivity contribution in [1.82, 2.24) is 9.80 Å². The number of nitrogens with zero attached hydrogens (tertiary/aromatic N) is 2. The summed E-state index contributed by atoms with van der Waals surface area (Å²) in [6.45, 7) is 10.2. The van der Waals surface area contributed by atoms with Gasteiger partial charge < -0.3 is 20.3 Å². The Labute approximate surface area is 130 Å². The number of allylic oxidation sites excluding steroid dienone is 2. The minimum Gasteiger partial charge on any atom is -0.403 e. The first kappa shape index (κ1) is 18.1. The molecule has 1 aliphatic heterocycles. The topological polar surface area (TPSA) is 41.7 Å². The summed E-state index contributed by atoms with van der Waals surface area (Å²) in [7, 11) is 4.20. The van der Waals surface area contributed by atoms with E-state index in [0.29, 0.717) is 17.9 Å². The van der Waals surface area contributed by atoms with Crippen LogP contribution in [0.25, 0.3) is 0 Å². The van der Waals surface area contributed by atoms with Gasteiger partial charge in [0, 0.05) is 25.3 Å². The van der Waals surface area contributed by atoms with Gasteiger partial charge in [-0.2, -0.15) is 0 Å². The zero-order chi connectivity index (χ0) is 15.8. The quantitative estimate of drug-likeness (QED) is 0.763. The lowest BCUT2D eigenvalue weighted by Crippen LogP contribution is -2.40. The Morgan fingerprint density at radius 2 is 2.14 bits per heavy atom. The fourth-order valence-electron chi connectivity index (χ4n) is 2.66. The fraction of sp³-hybridized carbons (Fsp3) is 0.765. The number of likely N-dealkylation sites (N-methyl/N-ethyl adjacent to an activating group) is 1. The van der Waals surface area contributed by atoms with Crippen LogP contribution in [0.15, 0.2) is 24.0 Å². The van der Waals surface area contributed by atoms with E-state index in [1.807, 2.05) is 0 Å². The Balaban J connectivity index is 2.76. The average molecular weight is 295 g/mol. The zero-order valence-electron chi connectivity index (χ0n) is 14.4. The van der Waals surface area contributed by atoms with Crippen LogP contribution < -0.4 is 5.73 Å². The molecule has 0 aromatic carbocycles. The van der Waals surface area contributed by atoms with Gasteiger partial charge in [0.05, 0.1) is 18.9 Å². The van der Waals surface area contributed by atoms with Gasteiger partial charge >= 0.3 is 0 Å². The van der Waals surface area contributed by atoms with Crippen molar-refractivity contribution in [3.05, 3.63) is 24.0 Å². The number of hydrogen-bond acceptors (Lipinski definition) is 4. The first-order valence-electron chi connectivity index (χ1n) is 8.08. The molecule has 1 saturated heterocycles. The van der Waals surface area contributed by atoms with Gasteiger partial charge in [-0.1, -0.05) is 26.8 Å². The Morgan fingerprint density at radius 3 is 2.67 bits per heavy atom. The number of hydrogen-bond donors (Lipinski definition) is 1. The van der Waals surface area contributed by atoms with Crippen LogP contribution in [0.2, 0.25) is 0 Å². The number of nitrogens with two attached hydrogens (primary N) is 1. The summed E-state index contributed by atoms with van der Waals surface area (Å²) in [5.41, 5.74) is 6.97. The molecule has 0 spiro atoms. The summed E-state index contributed by atoms with van der Waals surface area (Å²) in [6.07, 6.45) is 7.38. The molecule has 0 bridgehead atoms. The standard InChI is InChI=1S/C17H33N3O/c1-6-15(14(2)3)7-8-16(11-18)20-9-10-21-13-17(12-20)19(4)5/h7-8,11,14-15,17H,6,9-10,12-13,18H2,1-5H3/b8-7-,16-11+/t15?,17-/m0/s1. The summed E-state index contributed by atoms with van der Waals surface area (Å²) in [5.74, 6) is 1.26. The molecule has 21 heavy (non-hydrogen) atoms. The predicted molar refractivity (Wildman–Crippen MR) is 89.9 cm³/mol. The van der Waals surface area contributed by atoms with Gasteiger partial charge in [-0.25, -0.2) is 0 Å². The maximum atomic E-state index is 5.87. The zero-order valence-corrected chi connectivity index (χ0v) is 14.4. The van der Waals surface area contributed by atoms with Crippen molar-refractivity contribution in [2.45, 2.75) is 33.2 Å². The third-order valence-electron chi connectivity index (χ3n) is 4.36. The van der Waals surface area contributed by atoms with Gasteiger partial charge in [0.1, 0.15) is 0 Å². The van der Waals surface area contributed by atoms with E-state index in [-0.39, 0.29) is 0 Å². The molecule has 1 aliphatic rings. The first-order valence-corrected chi connectivity index (χ1v) is 8.08. The third-order valence-corrected chi connectivity index (χ3v) is 4.36. The second-order valence-electron chi connectivity index (χ2n) is 6.41. The molecule has 1 fully saturated rings. The number of ether oxygens (including phenoxy) is 1. The summed E-state index contributed by atoms with van der Waals surface area (Å²) in [5, 5.41) is 0. The molecule has 0 amide bonds. The van der Waals surface area contributed by atoms with Crippen LogP contribution in [-0.2, 0) is 4.74 Å². The van der Waals surface area contributed by atoms with Crippen LogP contribution in [0.3, 0.4) is 0 Å². The molecule has 1 heterocycles. The predicted octanol–water partition coefficient (Wildman–Crippen LogP) is 2.29. The summed E-state index contributed by atoms with van der Waals surface area (Å²) in [6, 6.07) is 0.405. The second kappa shape index (κ2) is 9.11. The minimum atomic E-state index is 0.405. The summed E-state index contributed by atoms with van der Waals surface area (Å²) >= 11 is 0. The molecule has 1 rings (SSSR count). The van der Waals surface area contributed by atoms with Crippen molar-refractivity contribution < 1.29 is 4.74 Å². The highest BCUT2D eigenvalue weighted by atomic mass is 16.5. The molecule has 0 aromatic heterocycles. The monoisotopic (exact) mass is 295 g/mol. The van der Waals surface area contributed by atoms with Gasteiger partial charge in [0.25, 0.3) is 0 Å². The van der Waals surface area contributed by atoms with E-state index in [9.17, 15) is 0 Å². The Kier molecular flexibility index (Phi) is 7.83. The largest absolute Gasteiger partial charge is 0.403 e.